The molecule has 0 aliphatic heterocycles. The van der Waals surface area contributed by atoms with Crippen LogP contribution in [0.15, 0.2) is 0 Å². The van der Waals surface area contributed by atoms with Gasteiger partial charge < -0.3 is 29.7 Å². The van der Waals surface area contributed by atoms with Crippen molar-refractivity contribution in [1.82, 2.24) is 0 Å². The number of rotatable bonds is 9. The van der Waals surface area contributed by atoms with Gasteiger partial charge in [-0.1, -0.05) is 0 Å². The summed E-state index contributed by atoms with van der Waals surface area (Å²) in [5.74, 6) is -10.3. The van der Waals surface area contributed by atoms with E-state index in [0.717, 1.165) is 20.8 Å². The first kappa shape index (κ1) is 32.6. The van der Waals surface area contributed by atoms with Gasteiger partial charge in [-0.15, -0.1) is 0 Å². The fourth-order valence-corrected chi connectivity index (χ4v) is 0.895. The minimum Gasteiger partial charge on any atom is -0.542 e. The number of carbonyl (C=O) groups excluding carboxylic acids is 9. The molecule has 0 aromatic carbocycles. The van der Waals surface area contributed by atoms with E-state index in [2.05, 4.69) is 0 Å². The molecule has 1 radical (unpaired) electrons. The summed E-state index contributed by atoms with van der Waals surface area (Å²) < 4.78 is 0. The van der Waals surface area contributed by atoms with E-state index in [4.69, 9.17) is 0 Å². The van der Waals surface area contributed by atoms with Crippen molar-refractivity contribution in [2.45, 2.75) is 40.0 Å². The molecule has 0 unspecified atom stereocenters. The minimum absolute atomic E-state index is 0. The summed E-state index contributed by atoms with van der Waals surface area (Å²) in [5, 5.41) is 28.9. The molecule has 0 aliphatic rings. The molecule has 28 heavy (non-hydrogen) atoms. The molecule has 0 saturated heterocycles. The number of carbonyl (C=O) groups is 9. The van der Waals surface area contributed by atoms with Crippen LogP contribution in [0.1, 0.15) is 40.0 Å². The Balaban J connectivity index is -0.000000152. The average Bonchev–Trinajstić information content (AvgIpc) is 2.46. The smallest absolute Gasteiger partial charge is 0.542 e. The number of hydrogen-bond donors (Lipinski definition) is 0. The molecule has 0 fully saturated rings. The van der Waals surface area contributed by atoms with Crippen LogP contribution in [-0.4, -0.2) is 52.6 Å². The topological polar surface area (TPSA) is 223 Å². The first-order valence-corrected chi connectivity index (χ1v) is 6.82. The molecular formula is C15H15CrO12. The Bertz CT molecular complexity index is 572. The van der Waals surface area contributed by atoms with E-state index in [0.29, 0.717) is 0 Å². The monoisotopic (exact) mass is 439 g/mol. The summed E-state index contributed by atoms with van der Waals surface area (Å²) in [6.45, 7) is 3.42. The van der Waals surface area contributed by atoms with E-state index in [1.54, 1.807) is 0 Å². The van der Waals surface area contributed by atoms with E-state index in [9.17, 15) is 58.5 Å². The zero-order valence-electron chi connectivity index (χ0n) is 14.9. The number of Topliss-reactive ketones (excluding diaryl/α,β-unsaturated/α-hetero) is 6. The molecule has 0 atom stereocenters. The molecule has 0 N–H and O–H groups in total. The maximum Gasteiger partial charge on any atom is 3.00 e. The van der Waals surface area contributed by atoms with Gasteiger partial charge >= 0.3 is 17.4 Å². The Morgan fingerprint density at radius 2 is 0.607 bits per heavy atom. The maximum atomic E-state index is 10.1. The molecular weight excluding hydrogens is 424 g/mol. The molecule has 0 rings (SSSR count). The van der Waals surface area contributed by atoms with Crippen molar-refractivity contribution in [3.05, 3.63) is 0 Å². The molecule has 0 spiro atoms. The minimum atomic E-state index is -1.80. The van der Waals surface area contributed by atoms with Crippen LogP contribution < -0.4 is 15.3 Å². The molecule has 0 heterocycles. The summed E-state index contributed by atoms with van der Waals surface area (Å²) in [5.41, 5.74) is 0. The van der Waals surface area contributed by atoms with Crippen molar-refractivity contribution in [3.8, 4) is 0 Å². The molecule has 12 nitrogen and oxygen atoms in total. The third-order valence-corrected chi connectivity index (χ3v) is 1.91. The summed E-state index contributed by atoms with van der Waals surface area (Å²) >= 11 is 0. The van der Waals surface area contributed by atoms with Gasteiger partial charge in [-0.05, 0) is 20.8 Å². The molecule has 0 aliphatic carbocycles. The number of carboxylic acid groups (broad SMARTS) is 3. The number of aliphatic carboxylic acids is 3. The standard InChI is InChI=1S/3C5H6O4.Cr/c3*1-3(6)2-4(7)5(8)9;/h3*2H2,1H3,(H,8,9);/q;;;+3/p-3. The Labute approximate surface area is 169 Å². The number of carboxylic acids is 3. The van der Waals surface area contributed by atoms with E-state index in [1.165, 1.54) is 0 Å². The molecule has 153 valence electrons. The molecule has 13 heteroatoms. The van der Waals surface area contributed by atoms with Gasteiger partial charge in [-0.25, -0.2) is 0 Å². The van der Waals surface area contributed by atoms with Crippen LogP contribution in [0.5, 0.6) is 0 Å². The van der Waals surface area contributed by atoms with Gasteiger partial charge in [0.1, 0.15) is 35.3 Å². The van der Waals surface area contributed by atoms with Crippen LogP contribution in [0.2, 0.25) is 0 Å². The van der Waals surface area contributed by atoms with E-state index < -0.39 is 71.9 Å². The van der Waals surface area contributed by atoms with Gasteiger partial charge in [0.05, 0.1) is 19.3 Å². The Hall–Kier alpha value is -3.04. The predicted molar refractivity (Wildman–Crippen MR) is 75.9 cm³/mol. The van der Waals surface area contributed by atoms with Gasteiger partial charge in [-0.2, -0.15) is 0 Å². The van der Waals surface area contributed by atoms with Crippen molar-refractivity contribution in [2.75, 3.05) is 0 Å². The van der Waals surface area contributed by atoms with Gasteiger partial charge in [0.2, 0.25) is 0 Å². The normalized spacial score (nSPS) is 8.25. The Morgan fingerprint density at radius 1 is 0.464 bits per heavy atom. The zero-order valence-corrected chi connectivity index (χ0v) is 16.2. The first-order valence-electron chi connectivity index (χ1n) is 6.82. The first-order chi connectivity index (χ1) is 12.1. The zero-order chi connectivity index (χ0) is 22.3. The van der Waals surface area contributed by atoms with Gasteiger partial charge in [0, 0.05) is 0 Å². The SMILES string of the molecule is CC(=O)CC(=O)C(=O)[O-].CC(=O)CC(=O)C(=O)[O-].CC(=O)CC(=O)C(=O)[O-].[Cr+3]. The third kappa shape index (κ3) is 25.2. The summed E-state index contributed by atoms with van der Waals surface area (Å²) in [6.07, 6.45) is -1.70. The number of ketones is 6. The van der Waals surface area contributed by atoms with Crippen molar-refractivity contribution in [2.24, 2.45) is 0 Å². The van der Waals surface area contributed by atoms with Crippen LogP contribution >= 0.6 is 0 Å². The van der Waals surface area contributed by atoms with Crippen molar-refractivity contribution in [3.63, 3.8) is 0 Å². The third-order valence-electron chi connectivity index (χ3n) is 1.91. The summed E-state index contributed by atoms with van der Waals surface area (Å²) in [7, 11) is 0. The molecule has 0 saturated carbocycles. The Kier molecular flexibility index (Phi) is 20.2. The fraction of sp³-hybridized carbons (Fsp3) is 0.400. The second-order valence-corrected chi connectivity index (χ2v) is 4.77. The van der Waals surface area contributed by atoms with E-state index in [-0.39, 0.29) is 17.4 Å². The van der Waals surface area contributed by atoms with Crippen LogP contribution in [0.4, 0.5) is 0 Å². The second kappa shape index (κ2) is 17.4. The van der Waals surface area contributed by atoms with Crippen molar-refractivity contribution >= 4 is 52.6 Å². The van der Waals surface area contributed by atoms with Gasteiger partial charge in [0.15, 0.2) is 17.3 Å². The van der Waals surface area contributed by atoms with Crippen LogP contribution in [-0.2, 0) is 60.5 Å². The van der Waals surface area contributed by atoms with Crippen LogP contribution in [0.3, 0.4) is 0 Å². The second-order valence-electron chi connectivity index (χ2n) is 4.77. The quantitative estimate of drug-likeness (QED) is 0.243. The van der Waals surface area contributed by atoms with Crippen LogP contribution in [0.25, 0.3) is 0 Å². The largest absolute Gasteiger partial charge is 3.00 e. The molecule has 0 aromatic rings. The molecule has 0 bridgehead atoms. The van der Waals surface area contributed by atoms with Gasteiger partial charge in [-0.3, -0.25) is 28.8 Å². The van der Waals surface area contributed by atoms with Crippen molar-refractivity contribution < 1.29 is 75.8 Å². The summed E-state index contributed by atoms with van der Waals surface area (Å²) in [6, 6.07) is 0. The average molecular weight is 439 g/mol. The van der Waals surface area contributed by atoms with E-state index in [1.807, 2.05) is 0 Å². The molecule has 0 amide bonds. The predicted octanol–water partition coefficient (Wildman–Crippen LogP) is -5.15. The van der Waals surface area contributed by atoms with Crippen LogP contribution in [0, 0.1) is 0 Å². The number of hydrogen-bond acceptors (Lipinski definition) is 12. The Morgan fingerprint density at radius 3 is 0.643 bits per heavy atom. The van der Waals surface area contributed by atoms with Gasteiger partial charge in [0.25, 0.3) is 0 Å². The fourth-order valence-electron chi connectivity index (χ4n) is 0.895. The summed E-state index contributed by atoms with van der Waals surface area (Å²) in [4.78, 5) is 89.2. The molecule has 0 aromatic heterocycles. The van der Waals surface area contributed by atoms with Crippen molar-refractivity contribution in [1.29, 1.82) is 0 Å². The maximum absolute atomic E-state index is 10.1. The van der Waals surface area contributed by atoms with E-state index >= 15 is 0 Å².